The molecule has 2 aromatic heterocycles. The van der Waals surface area contributed by atoms with E-state index in [1.165, 1.54) is 6.07 Å². The summed E-state index contributed by atoms with van der Waals surface area (Å²) in [5.41, 5.74) is 4.87. The third-order valence-electron chi connectivity index (χ3n) is 5.08. The fourth-order valence-corrected chi connectivity index (χ4v) is 3.78. The van der Waals surface area contributed by atoms with E-state index in [2.05, 4.69) is 14.3 Å². The number of imidazole rings is 1. The number of alkyl halides is 3. The summed E-state index contributed by atoms with van der Waals surface area (Å²) in [5, 5.41) is 0. The summed E-state index contributed by atoms with van der Waals surface area (Å²) in [6.45, 7) is 6.71. The number of pyridine rings is 1. The number of hydrogen-bond acceptors (Lipinski definition) is 4. The van der Waals surface area contributed by atoms with Crippen molar-refractivity contribution in [2.75, 3.05) is 6.61 Å². The zero-order valence-electron chi connectivity index (χ0n) is 17.0. The lowest BCUT2D eigenvalue weighted by molar-refractivity contribution is -0.274. The number of aryl methyl sites for hydroxylation is 2. The van der Waals surface area contributed by atoms with Crippen LogP contribution in [0.4, 0.5) is 13.2 Å². The van der Waals surface area contributed by atoms with Crippen molar-refractivity contribution in [1.82, 2.24) is 14.5 Å². The monoisotopic (exact) mass is 417 g/mol. The first kappa shape index (κ1) is 20.4. The lowest BCUT2D eigenvalue weighted by atomic mass is 10.1. The Morgan fingerprint density at radius 2 is 1.93 bits per heavy atom. The molecule has 0 bridgehead atoms. The van der Waals surface area contributed by atoms with Gasteiger partial charge in [0, 0.05) is 35.1 Å². The first-order valence-electron chi connectivity index (χ1n) is 9.72. The van der Waals surface area contributed by atoms with Crippen molar-refractivity contribution < 1.29 is 22.6 Å². The molecule has 0 saturated heterocycles. The normalized spacial score (nSPS) is 16.8. The van der Waals surface area contributed by atoms with E-state index in [0.717, 1.165) is 28.2 Å². The molecule has 158 valence electrons. The molecule has 1 aromatic carbocycles. The molecule has 0 N–H and O–H groups in total. The number of nitrogens with zero attached hydrogens (tertiary/aromatic N) is 3. The minimum absolute atomic E-state index is 0.000147. The van der Waals surface area contributed by atoms with E-state index in [1.54, 1.807) is 25.3 Å². The van der Waals surface area contributed by atoms with Crippen molar-refractivity contribution in [3.8, 4) is 28.4 Å². The molecule has 0 spiro atoms. The van der Waals surface area contributed by atoms with Crippen molar-refractivity contribution in [3.05, 3.63) is 53.5 Å². The Kier molecular flexibility index (Phi) is 5.27. The van der Waals surface area contributed by atoms with E-state index < -0.39 is 6.36 Å². The Hall–Kier alpha value is -2.87. The standard InChI is InChI=1S/C22H22F3N3O2/c1-13-10-17(4-5-19(13)30-22(23,24)25)21-27-20(16-6-8-26-14(2)11-16)18-7-9-29-15(3)12-28(18)21/h4-6,8,10-11,15H,7,9,12H2,1-3H3. The molecule has 0 saturated carbocycles. The molecule has 1 atom stereocenters. The molecule has 0 aliphatic carbocycles. The predicted octanol–water partition coefficient (Wildman–Crippen LogP) is 5.09. The van der Waals surface area contributed by atoms with E-state index in [-0.39, 0.29) is 11.9 Å². The second kappa shape index (κ2) is 7.75. The van der Waals surface area contributed by atoms with E-state index in [1.807, 2.05) is 26.0 Å². The molecule has 30 heavy (non-hydrogen) atoms. The number of benzene rings is 1. The van der Waals surface area contributed by atoms with Crippen LogP contribution in [0.2, 0.25) is 0 Å². The molecule has 0 radical (unpaired) electrons. The number of fused-ring (bicyclic) bond motifs is 1. The van der Waals surface area contributed by atoms with Crippen molar-refractivity contribution in [2.45, 2.75) is 46.2 Å². The van der Waals surface area contributed by atoms with Crippen LogP contribution in [0.25, 0.3) is 22.6 Å². The van der Waals surface area contributed by atoms with Crippen LogP contribution >= 0.6 is 0 Å². The van der Waals surface area contributed by atoms with Gasteiger partial charge in [-0.1, -0.05) is 0 Å². The fraction of sp³-hybridized carbons (Fsp3) is 0.364. The Balaban J connectivity index is 1.83. The number of rotatable bonds is 3. The molecule has 1 aliphatic heterocycles. The molecular formula is C22H22F3N3O2. The molecule has 1 aliphatic rings. The van der Waals surface area contributed by atoms with E-state index in [4.69, 9.17) is 9.72 Å². The van der Waals surface area contributed by atoms with Crippen molar-refractivity contribution in [2.24, 2.45) is 0 Å². The van der Waals surface area contributed by atoms with E-state index >= 15 is 0 Å². The van der Waals surface area contributed by atoms with Gasteiger partial charge in [-0.15, -0.1) is 13.2 Å². The van der Waals surface area contributed by atoms with Crippen LogP contribution in [0.3, 0.4) is 0 Å². The summed E-state index contributed by atoms with van der Waals surface area (Å²) in [4.78, 5) is 9.17. The molecule has 1 unspecified atom stereocenters. The van der Waals surface area contributed by atoms with Gasteiger partial charge in [0.05, 0.1) is 24.9 Å². The molecule has 0 amide bonds. The average molecular weight is 417 g/mol. The van der Waals surface area contributed by atoms with Crippen molar-refractivity contribution >= 4 is 0 Å². The van der Waals surface area contributed by atoms with Gasteiger partial charge < -0.3 is 14.0 Å². The second-order valence-electron chi connectivity index (χ2n) is 7.49. The Bertz CT molecular complexity index is 1080. The quantitative estimate of drug-likeness (QED) is 0.596. The smallest absolute Gasteiger partial charge is 0.406 e. The van der Waals surface area contributed by atoms with Gasteiger partial charge in [0.25, 0.3) is 0 Å². The van der Waals surface area contributed by atoms with Crippen molar-refractivity contribution in [3.63, 3.8) is 0 Å². The average Bonchev–Trinajstić information content (AvgIpc) is 2.89. The van der Waals surface area contributed by atoms with Gasteiger partial charge in [-0.3, -0.25) is 4.98 Å². The number of halogens is 3. The first-order valence-corrected chi connectivity index (χ1v) is 9.72. The maximum Gasteiger partial charge on any atom is 0.573 e. The maximum absolute atomic E-state index is 12.6. The van der Waals surface area contributed by atoms with E-state index in [9.17, 15) is 13.2 Å². The summed E-state index contributed by atoms with van der Waals surface area (Å²) in [5.74, 6) is 0.490. The van der Waals surface area contributed by atoms with Gasteiger partial charge in [-0.05, 0) is 56.7 Å². The SMILES string of the molecule is Cc1cc(-c2nc(-c3ccc(OC(F)(F)F)c(C)c3)n3c2CCOC(C)C3)ccn1. The minimum Gasteiger partial charge on any atom is -0.406 e. The van der Waals surface area contributed by atoms with Crippen LogP contribution in [0.1, 0.15) is 23.9 Å². The summed E-state index contributed by atoms with van der Waals surface area (Å²) in [6.07, 6.45) is -2.28. The molecule has 4 rings (SSSR count). The predicted molar refractivity (Wildman–Crippen MR) is 106 cm³/mol. The van der Waals surface area contributed by atoms with E-state index in [0.29, 0.717) is 31.0 Å². The highest BCUT2D eigenvalue weighted by molar-refractivity contribution is 5.69. The van der Waals surface area contributed by atoms with Gasteiger partial charge in [-0.2, -0.15) is 0 Å². The zero-order chi connectivity index (χ0) is 21.5. The Morgan fingerprint density at radius 3 is 2.63 bits per heavy atom. The molecule has 3 aromatic rings. The molecule has 0 fully saturated rings. The van der Waals surface area contributed by atoms with Gasteiger partial charge in [0.1, 0.15) is 11.6 Å². The molecule has 8 heteroatoms. The lowest BCUT2D eigenvalue weighted by Gasteiger charge is -2.15. The van der Waals surface area contributed by atoms with Gasteiger partial charge in [-0.25, -0.2) is 4.98 Å². The number of aromatic nitrogens is 3. The Morgan fingerprint density at radius 1 is 1.13 bits per heavy atom. The van der Waals surface area contributed by atoms with Crippen molar-refractivity contribution in [1.29, 1.82) is 0 Å². The summed E-state index contributed by atoms with van der Waals surface area (Å²) >= 11 is 0. The first-order chi connectivity index (χ1) is 14.2. The highest BCUT2D eigenvalue weighted by Crippen LogP contribution is 2.34. The van der Waals surface area contributed by atoms with Gasteiger partial charge in [0.2, 0.25) is 0 Å². The number of ether oxygens (including phenoxy) is 2. The third kappa shape index (κ3) is 4.18. The van der Waals surface area contributed by atoms with Crippen LogP contribution in [-0.4, -0.2) is 33.6 Å². The Labute approximate surface area is 172 Å². The minimum atomic E-state index is -4.73. The van der Waals surface area contributed by atoms with Gasteiger partial charge >= 0.3 is 6.36 Å². The largest absolute Gasteiger partial charge is 0.573 e. The topological polar surface area (TPSA) is 49.2 Å². The fourth-order valence-electron chi connectivity index (χ4n) is 3.78. The van der Waals surface area contributed by atoms with Crippen LogP contribution in [-0.2, 0) is 17.7 Å². The second-order valence-corrected chi connectivity index (χ2v) is 7.49. The van der Waals surface area contributed by atoms with Gasteiger partial charge in [0.15, 0.2) is 0 Å². The van der Waals surface area contributed by atoms with Crippen LogP contribution < -0.4 is 4.74 Å². The highest BCUT2D eigenvalue weighted by Gasteiger charge is 2.32. The molecular weight excluding hydrogens is 395 g/mol. The molecule has 3 heterocycles. The lowest BCUT2D eigenvalue weighted by Crippen LogP contribution is -2.18. The zero-order valence-corrected chi connectivity index (χ0v) is 17.0. The maximum atomic E-state index is 12.6. The van der Waals surface area contributed by atoms with Crippen LogP contribution in [0.15, 0.2) is 36.5 Å². The summed E-state index contributed by atoms with van der Waals surface area (Å²) in [7, 11) is 0. The van der Waals surface area contributed by atoms with Crippen LogP contribution in [0, 0.1) is 13.8 Å². The third-order valence-corrected chi connectivity index (χ3v) is 5.08. The summed E-state index contributed by atoms with van der Waals surface area (Å²) in [6, 6.07) is 8.53. The number of hydrogen-bond donors (Lipinski definition) is 0. The highest BCUT2D eigenvalue weighted by atomic mass is 19.4. The van der Waals surface area contributed by atoms with Crippen LogP contribution in [0.5, 0.6) is 5.75 Å². The summed E-state index contributed by atoms with van der Waals surface area (Å²) < 4.78 is 49.9. The molecule has 5 nitrogen and oxygen atoms in total.